The van der Waals surface area contributed by atoms with E-state index in [2.05, 4.69) is 5.43 Å². The van der Waals surface area contributed by atoms with Crippen molar-refractivity contribution in [2.45, 2.75) is 32.5 Å². The fourth-order valence-electron chi connectivity index (χ4n) is 3.09. The van der Waals surface area contributed by atoms with Crippen LogP contribution in [0.3, 0.4) is 0 Å². The number of nitrogens with zero attached hydrogens (tertiary/aromatic N) is 1. The van der Waals surface area contributed by atoms with E-state index in [0.29, 0.717) is 29.0 Å². The zero-order chi connectivity index (χ0) is 18.9. The molecule has 0 radical (unpaired) electrons. The minimum atomic E-state index is -4.52. The third kappa shape index (κ3) is 3.93. The van der Waals surface area contributed by atoms with Gasteiger partial charge in [-0.25, -0.2) is 5.01 Å². The highest BCUT2D eigenvalue weighted by atomic mass is 19.4. The molecule has 1 atom stereocenters. The Bertz CT molecular complexity index is 805. The van der Waals surface area contributed by atoms with Crippen LogP contribution in [0.25, 0.3) is 10.8 Å². The first-order chi connectivity index (χ1) is 12.3. The molecule has 2 aromatic rings. The molecule has 2 aromatic carbocycles. The number of carbonyl (C=O) groups is 1. The highest BCUT2D eigenvalue weighted by Crippen LogP contribution is 2.41. The summed E-state index contributed by atoms with van der Waals surface area (Å²) in [6.07, 6.45) is -4.46. The van der Waals surface area contributed by atoms with Gasteiger partial charge in [-0.2, -0.15) is 13.2 Å². The van der Waals surface area contributed by atoms with Crippen molar-refractivity contribution in [1.82, 2.24) is 10.4 Å². The van der Waals surface area contributed by atoms with Crippen LogP contribution < -0.4 is 10.2 Å². The van der Waals surface area contributed by atoms with Crippen LogP contribution >= 0.6 is 0 Å². The second-order valence-electron chi connectivity index (χ2n) is 6.86. The molecule has 0 spiro atoms. The lowest BCUT2D eigenvalue weighted by atomic mass is 9.97. The summed E-state index contributed by atoms with van der Waals surface area (Å²) in [6.45, 7) is 4.61. The first-order valence-electron chi connectivity index (χ1n) is 8.54. The summed E-state index contributed by atoms with van der Waals surface area (Å²) in [6, 6.07) is 8.01. The Morgan fingerprint density at radius 3 is 2.62 bits per heavy atom. The smallest absolute Gasteiger partial charge is 0.409 e. The van der Waals surface area contributed by atoms with Gasteiger partial charge in [-0.05, 0) is 34.4 Å². The molecule has 1 aliphatic rings. The summed E-state index contributed by atoms with van der Waals surface area (Å²) < 4.78 is 47.0. The molecule has 3 rings (SSSR count). The van der Waals surface area contributed by atoms with Gasteiger partial charge < -0.3 is 4.74 Å². The third-order valence-corrected chi connectivity index (χ3v) is 4.23. The maximum Gasteiger partial charge on any atom is 0.409 e. The van der Waals surface area contributed by atoms with Crippen molar-refractivity contribution in [3.8, 4) is 5.75 Å². The number of nitrogens with one attached hydrogen (secondary N) is 1. The first kappa shape index (κ1) is 18.5. The van der Waals surface area contributed by atoms with E-state index in [-0.39, 0.29) is 18.5 Å². The van der Waals surface area contributed by atoms with Crippen molar-refractivity contribution in [1.29, 1.82) is 0 Å². The molecule has 26 heavy (non-hydrogen) atoms. The van der Waals surface area contributed by atoms with Crippen molar-refractivity contribution >= 4 is 16.7 Å². The average Bonchev–Trinajstić information content (AvgIpc) is 2.97. The predicted molar refractivity (Wildman–Crippen MR) is 92.5 cm³/mol. The lowest BCUT2D eigenvalue weighted by molar-refractivity contribution is -0.190. The number of hydrogen-bond acceptors (Lipinski definition) is 3. The molecule has 140 valence electrons. The average molecular weight is 366 g/mol. The number of ether oxygens (including phenoxy) is 1. The van der Waals surface area contributed by atoms with Crippen molar-refractivity contribution in [2.24, 2.45) is 5.92 Å². The van der Waals surface area contributed by atoms with Gasteiger partial charge in [0.15, 0.2) is 6.04 Å². The molecule has 0 aromatic heterocycles. The number of amides is 1. The number of benzene rings is 2. The zero-order valence-electron chi connectivity index (χ0n) is 14.6. The van der Waals surface area contributed by atoms with Gasteiger partial charge in [0, 0.05) is 13.0 Å². The van der Waals surface area contributed by atoms with Gasteiger partial charge >= 0.3 is 6.18 Å². The molecule has 4 nitrogen and oxygen atoms in total. The van der Waals surface area contributed by atoms with E-state index in [4.69, 9.17) is 4.74 Å². The van der Waals surface area contributed by atoms with Crippen molar-refractivity contribution in [2.75, 3.05) is 13.2 Å². The van der Waals surface area contributed by atoms with Crippen LogP contribution in [0.4, 0.5) is 13.2 Å². The summed E-state index contributed by atoms with van der Waals surface area (Å²) >= 11 is 0. The lowest BCUT2D eigenvalue weighted by Gasteiger charge is -2.30. The molecule has 0 aliphatic carbocycles. The normalized spacial score (nSPS) is 16.9. The van der Waals surface area contributed by atoms with Gasteiger partial charge in [-0.3, -0.25) is 10.2 Å². The Morgan fingerprint density at radius 2 is 2.00 bits per heavy atom. The Balaban J connectivity index is 2.00. The number of rotatable bonds is 5. The van der Waals surface area contributed by atoms with Crippen molar-refractivity contribution in [3.63, 3.8) is 0 Å². The highest BCUT2D eigenvalue weighted by molar-refractivity contribution is 5.87. The van der Waals surface area contributed by atoms with Gasteiger partial charge in [0.25, 0.3) is 0 Å². The number of hydrogen-bond donors (Lipinski definition) is 1. The van der Waals surface area contributed by atoms with E-state index in [1.807, 2.05) is 13.8 Å². The van der Waals surface area contributed by atoms with Crippen LogP contribution in [0.1, 0.15) is 31.9 Å². The minimum absolute atomic E-state index is 0.0228. The fraction of sp³-hybridized carbons (Fsp3) is 0.421. The zero-order valence-corrected chi connectivity index (χ0v) is 14.6. The Labute approximate surface area is 149 Å². The molecule has 0 bridgehead atoms. The molecule has 1 heterocycles. The van der Waals surface area contributed by atoms with E-state index < -0.39 is 18.1 Å². The lowest BCUT2D eigenvalue weighted by Crippen LogP contribution is -2.43. The summed E-state index contributed by atoms with van der Waals surface area (Å²) in [4.78, 5) is 11.4. The second-order valence-corrected chi connectivity index (χ2v) is 6.86. The molecule has 1 aliphatic heterocycles. The molecular formula is C19H21F3N2O2. The summed E-state index contributed by atoms with van der Waals surface area (Å²) in [5.41, 5.74) is 2.44. The van der Waals surface area contributed by atoms with Crippen LogP contribution in [0.5, 0.6) is 5.75 Å². The number of carbonyl (C=O) groups excluding carboxylic acids is 1. The molecule has 1 fully saturated rings. The van der Waals surface area contributed by atoms with E-state index in [1.165, 1.54) is 6.07 Å². The third-order valence-electron chi connectivity index (χ3n) is 4.23. The van der Waals surface area contributed by atoms with E-state index in [9.17, 15) is 18.0 Å². The SMILES string of the molecule is CC(C)COc1ccc2c(C(N3CCC(=O)N3)C(F)(F)F)cccc2c1. The number of alkyl halides is 3. The fourth-order valence-corrected chi connectivity index (χ4v) is 3.09. The summed E-state index contributed by atoms with van der Waals surface area (Å²) in [5, 5.41) is 2.14. The predicted octanol–water partition coefficient (Wildman–Crippen LogP) is 4.21. The number of hydrazine groups is 1. The standard InChI is InChI=1S/C19H21F3N2O2/c1-12(2)11-26-14-6-7-15-13(10-14)4-3-5-16(15)18(19(20,21)22)24-9-8-17(25)23-24/h3-7,10,12,18H,8-9,11H2,1-2H3,(H,23,25). The van der Waals surface area contributed by atoms with Gasteiger partial charge in [0.2, 0.25) is 5.91 Å². The monoisotopic (exact) mass is 366 g/mol. The Kier molecular flexibility index (Phi) is 5.09. The molecular weight excluding hydrogens is 345 g/mol. The van der Waals surface area contributed by atoms with Crippen LogP contribution in [0.2, 0.25) is 0 Å². The van der Waals surface area contributed by atoms with Crippen LogP contribution in [0, 0.1) is 5.92 Å². The maximum absolute atomic E-state index is 13.8. The quantitative estimate of drug-likeness (QED) is 0.862. The van der Waals surface area contributed by atoms with Gasteiger partial charge in [0.1, 0.15) is 5.75 Å². The van der Waals surface area contributed by atoms with Crippen LogP contribution in [-0.2, 0) is 4.79 Å². The Hall–Kier alpha value is -2.28. The first-order valence-corrected chi connectivity index (χ1v) is 8.54. The molecule has 1 unspecified atom stereocenters. The summed E-state index contributed by atoms with van der Waals surface area (Å²) in [7, 11) is 0. The molecule has 0 saturated carbocycles. The van der Waals surface area contributed by atoms with E-state index in [0.717, 1.165) is 5.01 Å². The van der Waals surface area contributed by atoms with Gasteiger partial charge in [-0.1, -0.05) is 38.1 Å². The number of halogens is 3. The Morgan fingerprint density at radius 1 is 1.23 bits per heavy atom. The van der Waals surface area contributed by atoms with Crippen molar-refractivity contribution < 1.29 is 22.7 Å². The largest absolute Gasteiger partial charge is 0.493 e. The van der Waals surface area contributed by atoms with E-state index in [1.54, 1.807) is 30.3 Å². The van der Waals surface area contributed by atoms with Gasteiger partial charge in [-0.15, -0.1) is 0 Å². The number of fused-ring (bicyclic) bond motifs is 1. The van der Waals surface area contributed by atoms with E-state index >= 15 is 0 Å². The topological polar surface area (TPSA) is 41.6 Å². The highest BCUT2D eigenvalue weighted by Gasteiger charge is 2.47. The minimum Gasteiger partial charge on any atom is -0.493 e. The second kappa shape index (κ2) is 7.15. The van der Waals surface area contributed by atoms with Crippen LogP contribution in [0.15, 0.2) is 36.4 Å². The molecule has 1 N–H and O–H groups in total. The molecule has 7 heteroatoms. The van der Waals surface area contributed by atoms with Crippen molar-refractivity contribution in [3.05, 3.63) is 42.0 Å². The van der Waals surface area contributed by atoms with Crippen LogP contribution in [-0.4, -0.2) is 30.2 Å². The molecule has 1 amide bonds. The maximum atomic E-state index is 13.8. The van der Waals surface area contributed by atoms with Gasteiger partial charge in [0.05, 0.1) is 6.61 Å². The summed E-state index contributed by atoms with van der Waals surface area (Å²) in [5.74, 6) is 0.579. The molecule has 1 saturated heterocycles.